The summed E-state index contributed by atoms with van der Waals surface area (Å²) in [4.78, 5) is 36.5. The molecule has 0 radical (unpaired) electrons. The van der Waals surface area contributed by atoms with Crippen LogP contribution in [-0.2, 0) is 9.59 Å². The summed E-state index contributed by atoms with van der Waals surface area (Å²) in [5.74, 6) is -0.411. The SMILES string of the molecule is CC1=C(C(=O)N(C)C)C(c2ccc(F)cc2)N2C(CC(=O)N(C)C3CCCCC3)=CSC2=N1. The number of likely N-dealkylation sites (N-methyl/N-ethyl adjacent to an activating group) is 1. The lowest BCUT2D eigenvalue weighted by Crippen LogP contribution is -2.42. The number of hydrogen-bond acceptors (Lipinski definition) is 5. The molecular formula is C25H31FN4O2S. The standard InChI is InChI=1S/C25H31FN4O2S/c1-16-22(24(32)28(2)3)23(17-10-12-18(26)13-11-17)30-20(15-33-25(30)27-16)14-21(31)29(4)19-8-6-5-7-9-19/h10-13,15,19,23H,5-9,14H2,1-4H3. The number of benzene rings is 1. The van der Waals surface area contributed by atoms with Crippen LogP contribution in [0, 0.1) is 5.82 Å². The fraction of sp³-hybridized carbons (Fsp3) is 0.480. The third kappa shape index (κ3) is 4.71. The quantitative estimate of drug-likeness (QED) is 0.628. The van der Waals surface area contributed by atoms with E-state index in [-0.39, 0.29) is 30.1 Å². The van der Waals surface area contributed by atoms with E-state index in [0.717, 1.165) is 42.1 Å². The van der Waals surface area contributed by atoms with Crippen LogP contribution in [0.4, 0.5) is 4.39 Å². The van der Waals surface area contributed by atoms with Crippen LogP contribution in [0.1, 0.15) is 57.1 Å². The third-order valence-corrected chi connectivity index (χ3v) is 7.56. The Hall–Kier alpha value is -2.61. The maximum atomic E-state index is 13.7. The van der Waals surface area contributed by atoms with Crippen LogP contribution >= 0.6 is 11.8 Å². The van der Waals surface area contributed by atoms with Crippen LogP contribution in [0.5, 0.6) is 0 Å². The minimum Gasteiger partial charge on any atom is -0.345 e. The van der Waals surface area contributed by atoms with E-state index in [9.17, 15) is 14.0 Å². The Bertz CT molecular complexity index is 1030. The van der Waals surface area contributed by atoms with Gasteiger partial charge in [-0.15, -0.1) is 0 Å². The van der Waals surface area contributed by atoms with Crippen molar-refractivity contribution in [1.82, 2.24) is 14.7 Å². The fourth-order valence-electron chi connectivity index (χ4n) is 4.80. The zero-order chi connectivity index (χ0) is 23.7. The van der Waals surface area contributed by atoms with E-state index in [2.05, 4.69) is 0 Å². The van der Waals surface area contributed by atoms with Gasteiger partial charge < -0.3 is 14.7 Å². The molecule has 1 atom stereocenters. The van der Waals surface area contributed by atoms with Gasteiger partial charge in [0.25, 0.3) is 5.91 Å². The Morgan fingerprint density at radius 2 is 1.79 bits per heavy atom. The van der Waals surface area contributed by atoms with Gasteiger partial charge in [0.15, 0.2) is 5.17 Å². The van der Waals surface area contributed by atoms with Crippen molar-refractivity contribution in [3.05, 3.63) is 58.0 Å². The number of aliphatic imine (C=N–C) groups is 1. The average Bonchev–Trinajstić information content (AvgIpc) is 3.20. The van der Waals surface area contributed by atoms with Gasteiger partial charge >= 0.3 is 0 Å². The van der Waals surface area contributed by atoms with Gasteiger partial charge in [-0.3, -0.25) is 9.59 Å². The van der Waals surface area contributed by atoms with Gasteiger partial charge in [-0.1, -0.05) is 43.2 Å². The molecule has 176 valence electrons. The van der Waals surface area contributed by atoms with Crippen molar-refractivity contribution in [3.63, 3.8) is 0 Å². The molecule has 2 amide bonds. The number of amidine groups is 1. The minimum absolute atomic E-state index is 0.0691. The third-order valence-electron chi connectivity index (χ3n) is 6.67. The molecule has 6 nitrogen and oxygen atoms in total. The van der Waals surface area contributed by atoms with E-state index >= 15 is 0 Å². The molecule has 1 aromatic carbocycles. The Morgan fingerprint density at radius 1 is 1.12 bits per heavy atom. The zero-order valence-corrected chi connectivity index (χ0v) is 20.5. The average molecular weight is 471 g/mol. The molecule has 1 unspecified atom stereocenters. The summed E-state index contributed by atoms with van der Waals surface area (Å²) in [6.07, 6.45) is 5.90. The number of carbonyl (C=O) groups is 2. The number of rotatable bonds is 5. The molecule has 1 fully saturated rings. The number of amides is 2. The predicted molar refractivity (Wildman–Crippen MR) is 130 cm³/mol. The van der Waals surface area contributed by atoms with E-state index in [1.54, 1.807) is 26.2 Å². The highest BCUT2D eigenvalue weighted by molar-refractivity contribution is 8.16. The monoisotopic (exact) mass is 470 g/mol. The molecule has 33 heavy (non-hydrogen) atoms. The summed E-state index contributed by atoms with van der Waals surface area (Å²) in [7, 11) is 5.32. The summed E-state index contributed by atoms with van der Waals surface area (Å²) in [5.41, 5.74) is 2.78. The molecule has 1 saturated carbocycles. The van der Waals surface area contributed by atoms with Gasteiger partial charge in [0.2, 0.25) is 5.91 Å². The number of halogens is 1. The molecule has 0 spiro atoms. The van der Waals surface area contributed by atoms with Gasteiger partial charge in [0.05, 0.1) is 23.7 Å². The van der Waals surface area contributed by atoms with Crippen LogP contribution in [0.15, 0.2) is 51.6 Å². The van der Waals surface area contributed by atoms with E-state index in [0.29, 0.717) is 11.3 Å². The number of allylic oxidation sites excluding steroid dienone is 1. The summed E-state index contributed by atoms with van der Waals surface area (Å²) in [6, 6.07) is 6.04. The van der Waals surface area contributed by atoms with Crippen molar-refractivity contribution in [3.8, 4) is 0 Å². The smallest absolute Gasteiger partial charge is 0.253 e. The minimum atomic E-state index is -0.470. The van der Waals surface area contributed by atoms with Crippen LogP contribution < -0.4 is 0 Å². The maximum absolute atomic E-state index is 13.7. The molecule has 2 aliphatic heterocycles. The molecule has 0 bridgehead atoms. The Labute approximate surface area is 199 Å². The normalized spacial score (nSPS) is 20.9. The Kier molecular flexibility index (Phi) is 6.93. The summed E-state index contributed by atoms with van der Waals surface area (Å²) in [5, 5.41) is 2.69. The first-order chi connectivity index (χ1) is 15.8. The zero-order valence-electron chi connectivity index (χ0n) is 19.7. The Morgan fingerprint density at radius 3 is 2.42 bits per heavy atom. The van der Waals surface area contributed by atoms with Crippen molar-refractivity contribution in [2.24, 2.45) is 4.99 Å². The number of thioether (sulfide) groups is 1. The summed E-state index contributed by atoms with van der Waals surface area (Å²) >= 11 is 1.46. The van der Waals surface area contributed by atoms with Gasteiger partial charge in [-0.05, 0) is 42.9 Å². The van der Waals surface area contributed by atoms with Gasteiger partial charge in [-0.25, -0.2) is 9.38 Å². The fourth-order valence-corrected chi connectivity index (χ4v) is 5.76. The molecule has 3 aliphatic rings. The lowest BCUT2D eigenvalue weighted by atomic mass is 9.92. The maximum Gasteiger partial charge on any atom is 0.253 e. The summed E-state index contributed by atoms with van der Waals surface area (Å²) < 4.78 is 13.7. The molecule has 1 aromatic rings. The number of fused-ring (bicyclic) bond motifs is 1. The largest absolute Gasteiger partial charge is 0.345 e. The highest BCUT2D eigenvalue weighted by Crippen LogP contribution is 2.45. The number of nitrogens with zero attached hydrogens (tertiary/aromatic N) is 4. The van der Waals surface area contributed by atoms with Crippen molar-refractivity contribution in [2.75, 3.05) is 21.1 Å². The van der Waals surface area contributed by atoms with Gasteiger partial charge in [-0.2, -0.15) is 0 Å². The first-order valence-corrected chi connectivity index (χ1v) is 12.3. The second-order valence-electron chi connectivity index (χ2n) is 9.12. The van der Waals surface area contributed by atoms with Crippen LogP contribution in [-0.4, -0.2) is 58.9 Å². The van der Waals surface area contributed by atoms with Crippen molar-refractivity contribution < 1.29 is 14.0 Å². The highest BCUT2D eigenvalue weighted by atomic mass is 32.2. The van der Waals surface area contributed by atoms with Crippen LogP contribution in [0.2, 0.25) is 0 Å². The van der Waals surface area contributed by atoms with Gasteiger partial charge in [0, 0.05) is 32.9 Å². The molecule has 1 aliphatic carbocycles. The lowest BCUT2D eigenvalue weighted by molar-refractivity contribution is -0.132. The van der Waals surface area contributed by atoms with Gasteiger partial charge in [0.1, 0.15) is 5.82 Å². The topological polar surface area (TPSA) is 56.2 Å². The number of carbonyl (C=O) groups excluding carboxylic acids is 2. The van der Waals surface area contributed by atoms with Crippen molar-refractivity contribution in [2.45, 2.75) is 57.5 Å². The van der Waals surface area contributed by atoms with E-state index in [1.807, 2.05) is 29.2 Å². The van der Waals surface area contributed by atoms with E-state index in [4.69, 9.17) is 4.99 Å². The van der Waals surface area contributed by atoms with E-state index < -0.39 is 6.04 Å². The molecule has 2 heterocycles. The molecule has 0 saturated heterocycles. The predicted octanol–water partition coefficient (Wildman–Crippen LogP) is 4.67. The van der Waals surface area contributed by atoms with Crippen LogP contribution in [0.25, 0.3) is 0 Å². The van der Waals surface area contributed by atoms with Crippen LogP contribution in [0.3, 0.4) is 0 Å². The lowest BCUT2D eigenvalue weighted by Gasteiger charge is -2.38. The first-order valence-electron chi connectivity index (χ1n) is 11.4. The second kappa shape index (κ2) is 9.71. The highest BCUT2D eigenvalue weighted by Gasteiger charge is 2.41. The van der Waals surface area contributed by atoms with Crippen molar-refractivity contribution in [1.29, 1.82) is 0 Å². The van der Waals surface area contributed by atoms with E-state index in [1.165, 1.54) is 35.2 Å². The molecule has 8 heteroatoms. The number of hydrogen-bond donors (Lipinski definition) is 0. The molecule has 0 N–H and O–H groups in total. The molecule has 0 aromatic heterocycles. The van der Waals surface area contributed by atoms with Crippen molar-refractivity contribution >= 4 is 28.7 Å². The second-order valence-corrected chi connectivity index (χ2v) is 9.95. The molecule has 4 rings (SSSR count). The molecular weight excluding hydrogens is 439 g/mol. The Balaban J connectivity index is 1.66. The first kappa shape index (κ1) is 23.5. The summed E-state index contributed by atoms with van der Waals surface area (Å²) in [6.45, 7) is 1.83.